The van der Waals surface area contributed by atoms with Gasteiger partial charge >= 0.3 is 5.97 Å². The highest BCUT2D eigenvalue weighted by Crippen LogP contribution is 2.76. The Morgan fingerprint density at radius 2 is 1.51 bits per heavy atom. The molecule has 6 fully saturated rings. The van der Waals surface area contributed by atoms with Gasteiger partial charge in [0.05, 0.1) is 36.9 Å². The second kappa shape index (κ2) is 14.2. The van der Waals surface area contributed by atoms with Crippen molar-refractivity contribution in [3.63, 3.8) is 0 Å². The Hall–Kier alpha value is -1.27. The molecule has 7 aliphatic rings. The van der Waals surface area contributed by atoms with Crippen molar-refractivity contribution in [2.24, 2.45) is 50.7 Å². The molecular formula is C41H66O14. The minimum Gasteiger partial charge on any atom is -0.432 e. The summed E-state index contributed by atoms with van der Waals surface area (Å²) >= 11 is 0. The molecule has 0 aromatic carbocycles. The van der Waals surface area contributed by atoms with Gasteiger partial charge in [-0.1, -0.05) is 46.3 Å². The average Bonchev–Trinajstić information content (AvgIpc) is 3.14. The van der Waals surface area contributed by atoms with E-state index >= 15 is 0 Å². The van der Waals surface area contributed by atoms with Gasteiger partial charge in [0.15, 0.2) is 6.29 Å². The molecule has 0 radical (unpaired) electrons. The van der Waals surface area contributed by atoms with Crippen molar-refractivity contribution in [3.8, 4) is 0 Å². The standard InChI is InChI=1S/C41H66O14/c1-20-9-14-41(35(50)55-34-31(49)29(47)28(46)23(17-42)53-34)16-15-38(4)21(32(41)40(20,6)51)7-8-25-36(2)12-11-26(54-33-30(48)27(45)22(44)18-52-33)37(3,19-43)24(36)10-13-39(25,38)5/h7,20,22-34,42-49,51H,8-19H2,1-6H3/t20-,22+,23-,24?,25?,26+,27+,28-,29+,30-,31-,32?,33?,34?,36+,37+,38-,39-,40-,41+/m1/s1. The molecule has 55 heavy (non-hydrogen) atoms. The minimum absolute atomic E-state index is 0.0469. The molecule has 4 saturated carbocycles. The molecule has 314 valence electrons. The first-order chi connectivity index (χ1) is 25.7. The largest absolute Gasteiger partial charge is 0.432 e. The van der Waals surface area contributed by atoms with E-state index in [1.54, 1.807) is 0 Å². The van der Waals surface area contributed by atoms with Crippen molar-refractivity contribution < 1.29 is 69.7 Å². The SMILES string of the molecule is C[C@@H]1CC[C@]2(C(=O)OC3O[C@H](CO)[C@@H](O)[C@H](O)[C@H]3O)CC[C@]3(C)C(=CCC4[C@@]5(C)CC[C@H](OC6OC[C@H](O)[C@H](O)[C@H]6O)[C@@](C)(CO)C5CC[C@]43C)C2[C@]1(C)O. The first-order valence-corrected chi connectivity index (χ1v) is 20.5. The van der Waals surface area contributed by atoms with Crippen LogP contribution in [0.3, 0.4) is 0 Å². The molecular weight excluding hydrogens is 716 g/mol. The van der Waals surface area contributed by atoms with Crippen molar-refractivity contribution in [1.82, 2.24) is 0 Å². The minimum atomic E-state index is -1.73. The maximum absolute atomic E-state index is 14.6. The number of carbonyl (C=O) groups excluding carboxylic acids is 1. The molecule has 0 aromatic rings. The van der Waals surface area contributed by atoms with Crippen LogP contribution in [-0.2, 0) is 23.7 Å². The van der Waals surface area contributed by atoms with Crippen molar-refractivity contribution in [2.45, 2.75) is 166 Å². The molecule has 7 rings (SSSR count). The number of fused-ring (bicyclic) bond motifs is 7. The fraction of sp³-hybridized carbons (Fsp3) is 0.927. The van der Waals surface area contributed by atoms with Gasteiger partial charge < -0.3 is 64.9 Å². The molecule has 0 bridgehead atoms. The molecule has 0 amide bonds. The third kappa shape index (κ3) is 5.89. The molecule has 2 saturated heterocycles. The topological polar surface area (TPSA) is 236 Å². The van der Waals surface area contributed by atoms with E-state index < -0.39 is 102 Å². The summed E-state index contributed by atoms with van der Waals surface area (Å²) in [5, 5.41) is 96.0. The zero-order valence-corrected chi connectivity index (χ0v) is 33.2. The zero-order chi connectivity index (χ0) is 40.3. The lowest BCUT2D eigenvalue weighted by atomic mass is 9.33. The van der Waals surface area contributed by atoms with E-state index in [2.05, 4.69) is 26.8 Å². The predicted molar refractivity (Wildman–Crippen MR) is 194 cm³/mol. The summed E-state index contributed by atoms with van der Waals surface area (Å²) in [6.07, 6.45) is -5.44. The van der Waals surface area contributed by atoms with Crippen molar-refractivity contribution in [3.05, 3.63) is 11.6 Å². The van der Waals surface area contributed by atoms with Crippen LogP contribution >= 0.6 is 0 Å². The van der Waals surface area contributed by atoms with Crippen LogP contribution in [0.2, 0.25) is 0 Å². The molecule has 2 aliphatic heterocycles. The number of carbonyl (C=O) groups is 1. The van der Waals surface area contributed by atoms with Gasteiger partial charge in [0.1, 0.15) is 42.7 Å². The lowest BCUT2D eigenvalue weighted by molar-refractivity contribution is -0.313. The van der Waals surface area contributed by atoms with Gasteiger partial charge in [-0.2, -0.15) is 0 Å². The van der Waals surface area contributed by atoms with Crippen molar-refractivity contribution in [2.75, 3.05) is 19.8 Å². The van der Waals surface area contributed by atoms with Crippen LogP contribution in [0.15, 0.2) is 11.6 Å². The highest BCUT2D eigenvalue weighted by molar-refractivity contribution is 5.79. The van der Waals surface area contributed by atoms with Crippen molar-refractivity contribution in [1.29, 1.82) is 0 Å². The van der Waals surface area contributed by atoms with Crippen LogP contribution in [0, 0.1) is 50.7 Å². The van der Waals surface area contributed by atoms with Crippen LogP contribution in [0.1, 0.15) is 99.3 Å². The highest BCUT2D eigenvalue weighted by atomic mass is 16.7. The molecule has 2 heterocycles. The monoisotopic (exact) mass is 782 g/mol. The number of aliphatic hydroxyl groups excluding tert-OH is 8. The first-order valence-electron chi connectivity index (χ1n) is 20.5. The van der Waals surface area contributed by atoms with E-state index in [-0.39, 0.29) is 41.8 Å². The Morgan fingerprint density at radius 3 is 2.18 bits per heavy atom. The molecule has 9 N–H and O–H groups in total. The van der Waals surface area contributed by atoms with Gasteiger partial charge in [-0.15, -0.1) is 0 Å². The van der Waals surface area contributed by atoms with Gasteiger partial charge in [0, 0.05) is 11.3 Å². The smallest absolute Gasteiger partial charge is 0.315 e. The summed E-state index contributed by atoms with van der Waals surface area (Å²) in [5.41, 5.74) is -2.97. The lowest BCUT2D eigenvalue weighted by Gasteiger charge is -2.72. The first kappa shape index (κ1) is 41.9. The fourth-order valence-electron chi connectivity index (χ4n) is 13.5. The van der Waals surface area contributed by atoms with E-state index in [1.807, 2.05) is 20.8 Å². The number of hydrogen-bond acceptors (Lipinski definition) is 14. The number of ether oxygens (including phenoxy) is 4. The van der Waals surface area contributed by atoms with Crippen LogP contribution in [0.25, 0.3) is 0 Å². The third-order valence-electron chi connectivity index (χ3n) is 17.4. The quantitative estimate of drug-likeness (QED) is 0.104. The van der Waals surface area contributed by atoms with E-state index in [9.17, 15) is 50.8 Å². The lowest BCUT2D eigenvalue weighted by Crippen LogP contribution is -2.69. The zero-order valence-electron chi connectivity index (χ0n) is 33.2. The number of rotatable bonds is 6. The number of allylic oxidation sites excluding steroid dienone is 1. The molecule has 20 atom stereocenters. The molecule has 14 heteroatoms. The molecule has 14 nitrogen and oxygen atoms in total. The second-order valence-corrected chi connectivity index (χ2v) is 19.7. The molecule has 5 aliphatic carbocycles. The van der Waals surface area contributed by atoms with E-state index in [0.717, 1.165) is 24.8 Å². The molecule has 5 unspecified atom stereocenters. The fourth-order valence-corrected chi connectivity index (χ4v) is 13.5. The van der Waals surface area contributed by atoms with E-state index in [0.29, 0.717) is 38.5 Å². The van der Waals surface area contributed by atoms with E-state index in [1.165, 1.54) is 0 Å². The Labute approximate surface area is 323 Å². The summed E-state index contributed by atoms with van der Waals surface area (Å²) in [7, 11) is 0. The Kier molecular flexibility index (Phi) is 10.8. The van der Waals surface area contributed by atoms with Gasteiger partial charge in [-0.3, -0.25) is 4.79 Å². The highest BCUT2D eigenvalue weighted by Gasteiger charge is 2.72. The van der Waals surface area contributed by atoms with Crippen LogP contribution in [0.5, 0.6) is 0 Å². The second-order valence-electron chi connectivity index (χ2n) is 19.7. The van der Waals surface area contributed by atoms with Gasteiger partial charge in [0.25, 0.3) is 0 Å². The predicted octanol–water partition coefficient (Wildman–Crippen LogP) is 0.899. The summed E-state index contributed by atoms with van der Waals surface area (Å²) in [6, 6.07) is 0. The Balaban J connectivity index is 1.20. The number of esters is 1. The van der Waals surface area contributed by atoms with Crippen LogP contribution < -0.4 is 0 Å². The Bertz CT molecular complexity index is 1490. The summed E-state index contributed by atoms with van der Waals surface area (Å²) in [4.78, 5) is 14.6. The van der Waals surface area contributed by atoms with Gasteiger partial charge in [0.2, 0.25) is 6.29 Å². The Morgan fingerprint density at radius 1 is 0.818 bits per heavy atom. The maximum Gasteiger partial charge on any atom is 0.315 e. The van der Waals surface area contributed by atoms with E-state index in [4.69, 9.17) is 18.9 Å². The maximum atomic E-state index is 14.6. The molecule has 0 aromatic heterocycles. The number of hydrogen-bond donors (Lipinski definition) is 9. The normalized spacial score (nSPS) is 56.6. The van der Waals surface area contributed by atoms with Crippen LogP contribution in [-0.4, -0.2) is 139 Å². The summed E-state index contributed by atoms with van der Waals surface area (Å²) in [6.45, 7) is 11.9. The van der Waals surface area contributed by atoms with Crippen molar-refractivity contribution >= 4 is 5.97 Å². The van der Waals surface area contributed by atoms with Gasteiger partial charge in [-0.05, 0) is 98.7 Å². The average molecular weight is 783 g/mol. The summed E-state index contributed by atoms with van der Waals surface area (Å²) in [5.74, 6) is -1.14. The third-order valence-corrected chi connectivity index (χ3v) is 17.4. The molecule has 0 spiro atoms. The van der Waals surface area contributed by atoms with Gasteiger partial charge in [-0.25, -0.2) is 0 Å². The number of aliphatic hydroxyl groups is 9. The van der Waals surface area contributed by atoms with Crippen LogP contribution in [0.4, 0.5) is 0 Å². The summed E-state index contributed by atoms with van der Waals surface area (Å²) < 4.78 is 23.5.